The molecule has 146 valence electrons. The number of hydrazone groups is 1. The fourth-order valence-corrected chi connectivity index (χ4v) is 2.56. The first-order chi connectivity index (χ1) is 13.5. The van der Waals surface area contributed by atoms with Crippen LogP contribution >= 0.6 is 15.9 Å². The zero-order valence-electron chi connectivity index (χ0n) is 15.4. The van der Waals surface area contributed by atoms with Crippen molar-refractivity contribution in [3.8, 4) is 11.5 Å². The van der Waals surface area contributed by atoms with Crippen molar-refractivity contribution in [2.75, 3.05) is 20.8 Å². The van der Waals surface area contributed by atoms with E-state index in [2.05, 4.69) is 31.8 Å². The quantitative estimate of drug-likeness (QED) is 0.482. The van der Waals surface area contributed by atoms with E-state index in [0.717, 1.165) is 5.56 Å². The van der Waals surface area contributed by atoms with Crippen LogP contribution in [0.25, 0.3) is 6.08 Å². The van der Waals surface area contributed by atoms with Gasteiger partial charge in [0, 0.05) is 10.0 Å². The summed E-state index contributed by atoms with van der Waals surface area (Å²) in [6, 6.07) is 14.4. The van der Waals surface area contributed by atoms with Gasteiger partial charge in [-0.05, 0) is 45.8 Å². The van der Waals surface area contributed by atoms with Crippen LogP contribution in [0.1, 0.15) is 15.9 Å². The number of nitrogens with zero attached hydrogens (tertiary/aromatic N) is 1. The smallest absolute Gasteiger partial charge is 0.259 e. The number of allylic oxidation sites excluding steroid dienone is 1. The number of nitrogens with one attached hydrogen (secondary N) is 2. The predicted molar refractivity (Wildman–Crippen MR) is 112 cm³/mol. The van der Waals surface area contributed by atoms with E-state index in [4.69, 9.17) is 9.47 Å². The highest BCUT2D eigenvalue weighted by Crippen LogP contribution is 2.27. The number of rotatable bonds is 8. The van der Waals surface area contributed by atoms with Crippen molar-refractivity contribution >= 4 is 40.0 Å². The van der Waals surface area contributed by atoms with Gasteiger partial charge in [-0.2, -0.15) is 5.10 Å². The molecule has 0 fully saturated rings. The van der Waals surface area contributed by atoms with Crippen LogP contribution in [-0.2, 0) is 4.79 Å². The van der Waals surface area contributed by atoms with Crippen molar-refractivity contribution in [1.82, 2.24) is 10.7 Å². The molecule has 0 spiro atoms. The second-order valence-electron chi connectivity index (χ2n) is 5.49. The lowest BCUT2D eigenvalue weighted by molar-refractivity contribution is -0.120. The molecule has 7 nitrogen and oxygen atoms in total. The molecule has 2 aromatic carbocycles. The normalized spacial score (nSPS) is 11.2. The van der Waals surface area contributed by atoms with Crippen molar-refractivity contribution in [2.45, 2.75) is 0 Å². The Bertz CT molecular complexity index is 882. The third-order valence-electron chi connectivity index (χ3n) is 3.54. The predicted octanol–water partition coefficient (Wildman–Crippen LogP) is 2.97. The number of methoxy groups -OCH3 is 2. The lowest BCUT2D eigenvalue weighted by Crippen LogP contribution is -2.34. The summed E-state index contributed by atoms with van der Waals surface area (Å²) >= 11 is 3.35. The summed E-state index contributed by atoms with van der Waals surface area (Å²) in [5.41, 5.74) is 3.69. The van der Waals surface area contributed by atoms with E-state index < -0.39 is 11.8 Å². The number of halogens is 1. The van der Waals surface area contributed by atoms with Gasteiger partial charge in [-0.25, -0.2) is 5.43 Å². The van der Waals surface area contributed by atoms with E-state index in [1.165, 1.54) is 26.5 Å². The molecule has 2 N–H and O–H groups in total. The number of hydrogen-bond donors (Lipinski definition) is 2. The van der Waals surface area contributed by atoms with Gasteiger partial charge in [0.05, 0.1) is 27.0 Å². The Morgan fingerprint density at radius 1 is 1.07 bits per heavy atom. The Hall–Kier alpha value is -3.13. The van der Waals surface area contributed by atoms with Gasteiger partial charge in [0.1, 0.15) is 0 Å². The third-order valence-corrected chi connectivity index (χ3v) is 3.97. The fourth-order valence-electron chi connectivity index (χ4n) is 2.19. The third kappa shape index (κ3) is 6.55. The number of benzene rings is 2. The SMILES string of the molecule is COc1ccc(C(=O)NCC(=O)N/N=C/C(Br)=C/c2ccccc2)cc1OC. The van der Waals surface area contributed by atoms with E-state index in [0.29, 0.717) is 21.5 Å². The van der Waals surface area contributed by atoms with Crippen LogP contribution in [0.3, 0.4) is 0 Å². The molecule has 8 heteroatoms. The van der Waals surface area contributed by atoms with Crippen molar-refractivity contribution < 1.29 is 19.1 Å². The largest absolute Gasteiger partial charge is 0.493 e. The van der Waals surface area contributed by atoms with Gasteiger partial charge in [0.15, 0.2) is 11.5 Å². The van der Waals surface area contributed by atoms with Crippen molar-refractivity contribution in [3.05, 3.63) is 64.1 Å². The van der Waals surface area contributed by atoms with Gasteiger partial charge in [0.25, 0.3) is 11.8 Å². The molecule has 0 aromatic heterocycles. The first-order valence-electron chi connectivity index (χ1n) is 8.28. The molecule has 2 aromatic rings. The number of hydrogen-bond acceptors (Lipinski definition) is 5. The molecule has 0 bridgehead atoms. The Labute approximate surface area is 171 Å². The average Bonchev–Trinajstić information content (AvgIpc) is 2.72. The molecule has 0 saturated carbocycles. The van der Waals surface area contributed by atoms with Crippen LogP contribution in [-0.4, -0.2) is 38.8 Å². The number of amides is 2. The van der Waals surface area contributed by atoms with Gasteiger partial charge >= 0.3 is 0 Å². The van der Waals surface area contributed by atoms with Gasteiger partial charge in [-0.1, -0.05) is 30.3 Å². The summed E-state index contributed by atoms with van der Waals surface area (Å²) in [5.74, 6) is 0.0786. The zero-order valence-corrected chi connectivity index (χ0v) is 17.0. The first kappa shape index (κ1) is 21.2. The van der Waals surface area contributed by atoms with E-state index in [-0.39, 0.29) is 6.54 Å². The standard InChI is InChI=1S/C20H20BrN3O4/c1-27-17-9-8-15(11-18(17)28-2)20(26)22-13-19(25)24-23-12-16(21)10-14-6-4-3-5-7-14/h3-12H,13H2,1-2H3,(H,22,26)(H,24,25)/b16-10-,23-12+. The second kappa shape index (κ2) is 10.9. The van der Waals surface area contributed by atoms with Crippen LogP contribution in [0.5, 0.6) is 11.5 Å². The second-order valence-corrected chi connectivity index (χ2v) is 6.40. The Morgan fingerprint density at radius 2 is 1.79 bits per heavy atom. The van der Waals surface area contributed by atoms with Crippen molar-refractivity contribution in [2.24, 2.45) is 5.10 Å². The molecule has 0 aliphatic rings. The summed E-state index contributed by atoms with van der Waals surface area (Å²) in [6.45, 7) is -0.218. The fraction of sp³-hybridized carbons (Fsp3) is 0.150. The number of ether oxygens (including phenoxy) is 2. The molecule has 0 aliphatic carbocycles. The monoisotopic (exact) mass is 445 g/mol. The number of carbonyl (C=O) groups excluding carboxylic acids is 2. The molecule has 2 rings (SSSR count). The number of carbonyl (C=O) groups is 2. The Balaban J connectivity index is 1.83. The molecule has 0 atom stereocenters. The van der Waals surface area contributed by atoms with Gasteiger partial charge < -0.3 is 14.8 Å². The van der Waals surface area contributed by atoms with Gasteiger partial charge in [-0.15, -0.1) is 0 Å². The summed E-state index contributed by atoms with van der Waals surface area (Å²) in [5, 5.41) is 6.36. The molecular weight excluding hydrogens is 426 g/mol. The molecule has 28 heavy (non-hydrogen) atoms. The minimum Gasteiger partial charge on any atom is -0.493 e. The van der Waals surface area contributed by atoms with E-state index in [9.17, 15) is 9.59 Å². The molecule has 0 aliphatic heterocycles. The highest BCUT2D eigenvalue weighted by atomic mass is 79.9. The first-order valence-corrected chi connectivity index (χ1v) is 9.07. The zero-order chi connectivity index (χ0) is 20.4. The van der Waals surface area contributed by atoms with E-state index >= 15 is 0 Å². The summed E-state index contributed by atoms with van der Waals surface area (Å²) in [7, 11) is 2.99. The minimum absolute atomic E-state index is 0.218. The highest BCUT2D eigenvalue weighted by molar-refractivity contribution is 9.12. The lowest BCUT2D eigenvalue weighted by Gasteiger charge is -2.09. The van der Waals surface area contributed by atoms with Crippen LogP contribution in [0.2, 0.25) is 0 Å². The maximum atomic E-state index is 12.2. The molecule has 2 amide bonds. The lowest BCUT2D eigenvalue weighted by atomic mass is 10.2. The van der Waals surface area contributed by atoms with Crippen LogP contribution < -0.4 is 20.2 Å². The maximum absolute atomic E-state index is 12.2. The van der Waals surface area contributed by atoms with E-state index in [1.807, 2.05) is 36.4 Å². The summed E-state index contributed by atoms with van der Waals surface area (Å²) < 4.78 is 11.0. The van der Waals surface area contributed by atoms with Crippen molar-refractivity contribution in [1.29, 1.82) is 0 Å². The Morgan fingerprint density at radius 3 is 2.46 bits per heavy atom. The minimum atomic E-state index is -0.454. The van der Waals surface area contributed by atoms with Gasteiger partial charge in [-0.3, -0.25) is 9.59 Å². The Kier molecular flexibility index (Phi) is 8.23. The molecule has 0 heterocycles. The van der Waals surface area contributed by atoms with Gasteiger partial charge in [0.2, 0.25) is 0 Å². The highest BCUT2D eigenvalue weighted by Gasteiger charge is 2.11. The molecular formula is C20H20BrN3O4. The average molecular weight is 446 g/mol. The maximum Gasteiger partial charge on any atom is 0.259 e. The van der Waals surface area contributed by atoms with Crippen molar-refractivity contribution in [3.63, 3.8) is 0 Å². The topological polar surface area (TPSA) is 89.0 Å². The van der Waals surface area contributed by atoms with Crippen LogP contribution in [0.15, 0.2) is 58.1 Å². The van der Waals surface area contributed by atoms with Crippen LogP contribution in [0, 0.1) is 0 Å². The van der Waals surface area contributed by atoms with E-state index in [1.54, 1.807) is 12.1 Å². The van der Waals surface area contributed by atoms with Crippen LogP contribution in [0.4, 0.5) is 0 Å². The summed E-state index contributed by atoms with van der Waals surface area (Å²) in [6.07, 6.45) is 3.32. The summed E-state index contributed by atoms with van der Waals surface area (Å²) in [4.78, 5) is 24.0. The molecule has 0 unspecified atom stereocenters. The molecule has 0 saturated heterocycles. The molecule has 0 radical (unpaired) electrons.